The molecule has 0 amide bonds. The summed E-state index contributed by atoms with van der Waals surface area (Å²) in [5.74, 6) is 1.65. The summed E-state index contributed by atoms with van der Waals surface area (Å²) in [4.78, 5) is 15.3. The monoisotopic (exact) mass is 389 g/mol. The maximum atomic E-state index is 5.37. The number of fused-ring (bicyclic) bond motifs is 1. The molecule has 1 aliphatic rings. The number of ether oxygens (including phenoxy) is 1. The molecule has 8 nitrogen and oxygen atoms in total. The van der Waals surface area contributed by atoms with E-state index in [4.69, 9.17) is 4.74 Å². The van der Waals surface area contributed by atoms with E-state index >= 15 is 0 Å². The van der Waals surface area contributed by atoms with Crippen LogP contribution >= 0.6 is 15.9 Å². The molecule has 4 rings (SSSR count). The van der Waals surface area contributed by atoms with Gasteiger partial charge in [0.2, 0.25) is 0 Å². The summed E-state index contributed by atoms with van der Waals surface area (Å²) >= 11 is 3.46. The van der Waals surface area contributed by atoms with E-state index < -0.39 is 0 Å². The van der Waals surface area contributed by atoms with Crippen molar-refractivity contribution in [2.24, 2.45) is 7.05 Å². The second kappa shape index (κ2) is 6.33. The van der Waals surface area contributed by atoms with Crippen molar-refractivity contribution in [3.8, 4) is 0 Å². The largest absolute Gasteiger partial charge is 0.378 e. The second-order valence-corrected chi connectivity index (χ2v) is 6.22. The predicted molar refractivity (Wildman–Crippen MR) is 94.6 cm³/mol. The molecule has 0 aromatic carbocycles. The Bertz CT molecular complexity index is 858. The number of aromatic nitrogens is 5. The molecule has 1 N–H and O–H groups in total. The van der Waals surface area contributed by atoms with E-state index in [1.54, 1.807) is 4.68 Å². The Morgan fingerprint density at radius 2 is 2.00 bits per heavy atom. The van der Waals surface area contributed by atoms with Gasteiger partial charge in [0.15, 0.2) is 5.65 Å². The number of anilines is 3. The van der Waals surface area contributed by atoms with Gasteiger partial charge in [-0.15, -0.1) is 0 Å². The molecule has 0 saturated carbocycles. The molecular formula is C15H16BrN7O. The zero-order valence-corrected chi connectivity index (χ0v) is 14.7. The fraction of sp³-hybridized carbons (Fsp3) is 0.333. The molecule has 0 bridgehead atoms. The Labute approximate surface area is 147 Å². The Morgan fingerprint density at radius 1 is 1.17 bits per heavy atom. The summed E-state index contributed by atoms with van der Waals surface area (Å²) in [6.45, 7) is 3.23. The molecule has 0 atom stereocenters. The van der Waals surface area contributed by atoms with E-state index in [1.165, 1.54) is 6.33 Å². The third kappa shape index (κ3) is 2.80. The van der Waals surface area contributed by atoms with E-state index in [0.717, 1.165) is 48.8 Å². The van der Waals surface area contributed by atoms with Crippen molar-refractivity contribution in [3.05, 3.63) is 29.3 Å². The summed E-state index contributed by atoms with van der Waals surface area (Å²) in [5, 5.41) is 8.46. The molecule has 0 unspecified atom stereocenters. The van der Waals surface area contributed by atoms with Crippen molar-refractivity contribution in [1.29, 1.82) is 0 Å². The quantitative estimate of drug-likeness (QED) is 0.734. The molecule has 0 aliphatic carbocycles. The van der Waals surface area contributed by atoms with Crippen LogP contribution in [0.15, 0.2) is 29.3 Å². The highest BCUT2D eigenvalue weighted by Gasteiger charge is 2.15. The van der Waals surface area contributed by atoms with E-state index in [9.17, 15) is 0 Å². The number of aryl methyl sites for hydroxylation is 1. The van der Waals surface area contributed by atoms with Crippen LogP contribution in [0.4, 0.5) is 17.3 Å². The Morgan fingerprint density at radius 3 is 2.75 bits per heavy atom. The van der Waals surface area contributed by atoms with Crippen LogP contribution < -0.4 is 10.2 Å². The van der Waals surface area contributed by atoms with Crippen LogP contribution in [0.2, 0.25) is 0 Å². The lowest BCUT2D eigenvalue weighted by Gasteiger charge is -2.27. The van der Waals surface area contributed by atoms with Gasteiger partial charge in [-0.1, -0.05) is 0 Å². The Hall–Kier alpha value is -2.26. The maximum Gasteiger partial charge on any atom is 0.164 e. The molecule has 9 heteroatoms. The summed E-state index contributed by atoms with van der Waals surface area (Å²) in [5.41, 5.74) is 1.63. The number of morpholine rings is 1. The molecule has 4 heterocycles. The van der Waals surface area contributed by atoms with Crippen LogP contribution in [0.3, 0.4) is 0 Å². The normalized spacial score (nSPS) is 15.0. The fourth-order valence-electron chi connectivity index (χ4n) is 2.71. The van der Waals surface area contributed by atoms with Gasteiger partial charge in [-0.05, 0) is 28.1 Å². The van der Waals surface area contributed by atoms with Gasteiger partial charge in [0.05, 0.1) is 30.5 Å². The lowest BCUT2D eigenvalue weighted by atomic mass is 10.3. The first-order chi connectivity index (χ1) is 11.7. The zero-order valence-electron chi connectivity index (χ0n) is 13.1. The summed E-state index contributed by atoms with van der Waals surface area (Å²) < 4.78 is 7.79. The van der Waals surface area contributed by atoms with Gasteiger partial charge in [-0.25, -0.2) is 19.6 Å². The Balaban J connectivity index is 1.59. The van der Waals surface area contributed by atoms with Gasteiger partial charge >= 0.3 is 0 Å². The van der Waals surface area contributed by atoms with E-state index in [0.29, 0.717) is 10.4 Å². The van der Waals surface area contributed by atoms with Crippen LogP contribution in [-0.4, -0.2) is 51.0 Å². The zero-order chi connectivity index (χ0) is 16.5. The molecule has 1 saturated heterocycles. The van der Waals surface area contributed by atoms with Crippen molar-refractivity contribution in [3.63, 3.8) is 0 Å². The molecule has 0 spiro atoms. The van der Waals surface area contributed by atoms with Crippen molar-refractivity contribution in [1.82, 2.24) is 24.7 Å². The molecule has 1 aliphatic heterocycles. The number of nitrogens with zero attached hydrogens (tertiary/aromatic N) is 6. The van der Waals surface area contributed by atoms with Crippen molar-refractivity contribution >= 4 is 44.3 Å². The maximum absolute atomic E-state index is 5.37. The van der Waals surface area contributed by atoms with Gasteiger partial charge in [0.25, 0.3) is 0 Å². The van der Waals surface area contributed by atoms with Crippen LogP contribution in [0.25, 0.3) is 11.0 Å². The van der Waals surface area contributed by atoms with E-state index in [2.05, 4.69) is 46.2 Å². The first-order valence-corrected chi connectivity index (χ1v) is 8.40. The van der Waals surface area contributed by atoms with Gasteiger partial charge in [-0.2, -0.15) is 5.10 Å². The summed E-state index contributed by atoms with van der Waals surface area (Å²) in [6.07, 6.45) is 3.33. The highest BCUT2D eigenvalue weighted by molar-refractivity contribution is 9.10. The molecule has 1 fully saturated rings. The smallest absolute Gasteiger partial charge is 0.164 e. The average molecular weight is 390 g/mol. The third-order valence-corrected chi connectivity index (χ3v) is 4.48. The number of rotatable bonds is 3. The lowest BCUT2D eigenvalue weighted by Crippen LogP contribution is -2.36. The molecule has 24 heavy (non-hydrogen) atoms. The van der Waals surface area contributed by atoms with Crippen LogP contribution in [0.5, 0.6) is 0 Å². The molecule has 3 aromatic rings. The van der Waals surface area contributed by atoms with Crippen molar-refractivity contribution < 1.29 is 4.74 Å². The van der Waals surface area contributed by atoms with E-state index in [-0.39, 0.29) is 0 Å². The van der Waals surface area contributed by atoms with E-state index in [1.807, 2.05) is 25.4 Å². The van der Waals surface area contributed by atoms with Crippen LogP contribution in [0.1, 0.15) is 0 Å². The lowest BCUT2D eigenvalue weighted by molar-refractivity contribution is 0.122. The fourth-order valence-corrected chi connectivity index (χ4v) is 3.31. The average Bonchev–Trinajstić information content (AvgIpc) is 2.92. The van der Waals surface area contributed by atoms with Crippen LogP contribution in [-0.2, 0) is 11.8 Å². The number of halogens is 1. The first-order valence-electron chi connectivity index (χ1n) is 7.61. The van der Waals surface area contributed by atoms with Gasteiger partial charge < -0.3 is 15.0 Å². The van der Waals surface area contributed by atoms with Crippen molar-refractivity contribution in [2.75, 3.05) is 36.5 Å². The topological polar surface area (TPSA) is 81.0 Å². The van der Waals surface area contributed by atoms with Gasteiger partial charge in [0.1, 0.15) is 22.6 Å². The first kappa shape index (κ1) is 15.3. The molecule has 0 radical (unpaired) electrons. The summed E-state index contributed by atoms with van der Waals surface area (Å²) in [6, 6.07) is 4.00. The minimum atomic E-state index is 0.695. The SMILES string of the molecule is Cn1nc(Br)c2c(Nc3ccc(N4CCOCC4)nc3)ncnc21. The number of hydrogen-bond donors (Lipinski definition) is 1. The third-order valence-electron chi connectivity index (χ3n) is 3.92. The summed E-state index contributed by atoms with van der Waals surface area (Å²) in [7, 11) is 1.85. The number of nitrogens with one attached hydrogen (secondary N) is 1. The predicted octanol–water partition coefficient (Wildman–Crippen LogP) is 2.10. The van der Waals surface area contributed by atoms with Crippen LogP contribution in [0, 0.1) is 0 Å². The van der Waals surface area contributed by atoms with Crippen molar-refractivity contribution in [2.45, 2.75) is 0 Å². The van der Waals surface area contributed by atoms with Gasteiger partial charge in [0, 0.05) is 20.1 Å². The standard InChI is InChI=1S/C15H16BrN7O/c1-22-15-12(13(16)21-22)14(18-9-19-15)20-10-2-3-11(17-8-10)23-4-6-24-7-5-23/h2-3,8-9H,4-7H2,1H3,(H,18,19,20). The molecular weight excluding hydrogens is 374 g/mol. The molecule has 124 valence electrons. The number of hydrogen-bond acceptors (Lipinski definition) is 7. The minimum Gasteiger partial charge on any atom is -0.378 e. The highest BCUT2D eigenvalue weighted by atomic mass is 79.9. The minimum absolute atomic E-state index is 0.695. The second-order valence-electron chi connectivity index (χ2n) is 5.46. The number of pyridine rings is 1. The highest BCUT2D eigenvalue weighted by Crippen LogP contribution is 2.29. The molecule has 3 aromatic heterocycles. The van der Waals surface area contributed by atoms with Gasteiger partial charge in [-0.3, -0.25) is 0 Å². The Kier molecular flexibility index (Phi) is 4.03.